The summed E-state index contributed by atoms with van der Waals surface area (Å²) in [6.07, 6.45) is 1.23. The molecule has 1 aromatic carbocycles. The van der Waals surface area contributed by atoms with E-state index in [4.69, 9.17) is 4.74 Å². The molecule has 0 aromatic heterocycles. The van der Waals surface area contributed by atoms with Gasteiger partial charge in [-0.05, 0) is 32.5 Å². The van der Waals surface area contributed by atoms with Gasteiger partial charge >= 0.3 is 0 Å². The van der Waals surface area contributed by atoms with Crippen LogP contribution in [0.15, 0.2) is 18.2 Å². The van der Waals surface area contributed by atoms with Crippen LogP contribution in [0.1, 0.15) is 44.4 Å². The number of likely N-dealkylation sites (N-methyl/N-ethyl adjacent to an activating group) is 2. The highest BCUT2D eigenvalue weighted by Gasteiger charge is 2.18. The molecule has 0 radical (unpaired) electrons. The third-order valence-electron chi connectivity index (χ3n) is 4.03. The molecule has 0 aliphatic heterocycles. The highest BCUT2D eigenvalue weighted by atomic mass is 16.5. The van der Waals surface area contributed by atoms with Gasteiger partial charge in [0.05, 0.1) is 7.11 Å². The number of hydrogen-bond acceptors (Lipinski definition) is 3. The van der Waals surface area contributed by atoms with Crippen molar-refractivity contribution in [1.82, 2.24) is 10.2 Å². The second-order valence-electron chi connectivity index (χ2n) is 6.09. The van der Waals surface area contributed by atoms with Gasteiger partial charge in [-0.25, -0.2) is 0 Å². The van der Waals surface area contributed by atoms with Crippen LogP contribution in [-0.4, -0.2) is 38.7 Å². The highest BCUT2D eigenvalue weighted by Crippen LogP contribution is 2.27. The van der Waals surface area contributed by atoms with Crippen molar-refractivity contribution in [2.24, 2.45) is 5.92 Å². The van der Waals surface area contributed by atoms with Crippen LogP contribution in [0, 0.1) is 12.8 Å². The predicted octanol–water partition coefficient (Wildman–Crippen LogP) is 3.63. The lowest BCUT2D eigenvalue weighted by molar-refractivity contribution is 0.251. The third-order valence-corrected chi connectivity index (χ3v) is 4.03. The Morgan fingerprint density at radius 2 is 1.95 bits per heavy atom. The first-order valence-corrected chi connectivity index (χ1v) is 8.08. The Kier molecular flexibility index (Phi) is 7.76. The Labute approximate surface area is 130 Å². The fourth-order valence-electron chi connectivity index (χ4n) is 2.69. The summed E-state index contributed by atoms with van der Waals surface area (Å²) in [5, 5.41) is 3.60. The molecule has 1 aromatic rings. The summed E-state index contributed by atoms with van der Waals surface area (Å²) < 4.78 is 5.55. The molecule has 21 heavy (non-hydrogen) atoms. The van der Waals surface area contributed by atoms with Gasteiger partial charge in [-0.3, -0.25) is 0 Å². The molecule has 1 N–H and O–H groups in total. The lowest BCUT2D eigenvalue weighted by Gasteiger charge is -2.28. The van der Waals surface area contributed by atoms with Crippen LogP contribution in [-0.2, 0) is 0 Å². The van der Waals surface area contributed by atoms with E-state index < -0.39 is 0 Å². The van der Waals surface area contributed by atoms with Crippen LogP contribution in [0.25, 0.3) is 0 Å². The van der Waals surface area contributed by atoms with Gasteiger partial charge in [-0.2, -0.15) is 0 Å². The molecule has 0 amide bonds. The molecule has 0 fully saturated rings. The molecule has 0 spiro atoms. The Balaban J connectivity index is 2.88. The van der Waals surface area contributed by atoms with E-state index >= 15 is 0 Å². The van der Waals surface area contributed by atoms with Crippen LogP contribution in [0.2, 0.25) is 0 Å². The molecule has 3 nitrogen and oxygen atoms in total. The number of benzene rings is 1. The fourth-order valence-corrected chi connectivity index (χ4v) is 2.69. The first-order chi connectivity index (χ1) is 10.0. The lowest BCUT2D eigenvalue weighted by atomic mass is 10.0. The maximum absolute atomic E-state index is 5.55. The predicted molar refractivity (Wildman–Crippen MR) is 91.1 cm³/mol. The van der Waals surface area contributed by atoms with E-state index in [0.717, 1.165) is 31.3 Å². The van der Waals surface area contributed by atoms with Gasteiger partial charge in [0, 0.05) is 24.7 Å². The van der Waals surface area contributed by atoms with E-state index in [1.54, 1.807) is 7.11 Å². The minimum Gasteiger partial charge on any atom is -0.496 e. The third kappa shape index (κ3) is 5.68. The molecule has 0 aliphatic carbocycles. The Hall–Kier alpha value is -1.06. The van der Waals surface area contributed by atoms with Gasteiger partial charge < -0.3 is 15.0 Å². The molecular weight excluding hydrogens is 260 g/mol. The van der Waals surface area contributed by atoms with E-state index in [9.17, 15) is 0 Å². The van der Waals surface area contributed by atoms with E-state index in [1.165, 1.54) is 17.5 Å². The second-order valence-corrected chi connectivity index (χ2v) is 6.09. The van der Waals surface area contributed by atoms with Crippen molar-refractivity contribution in [2.75, 3.05) is 33.8 Å². The van der Waals surface area contributed by atoms with Crippen molar-refractivity contribution in [3.8, 4) is 5.75 Å². The van der Waals surface area contributed by atoms with Gasteiger partial charge in [0.2, 0.25) is 0 Å². The van der Waals surface area contributed by atoms with Crippen LogP contribution >= 0.6 is 0 Å². The zero-order valence-corrected chi connectivity index (χ0v) is 14.6. The van der Waals surface area contributed by atoms with E-state index in [2.05, 4.69) is 63.2 Å². The first kappa shape index (κ1) is 18.0. The maximum Gasteiger partial charge on any atom is 0.123 e. The van der Waals surface area contributed by atoms with Crippen LogP contribution in [0.5, 0.6) is 5.75 Å². The molecule has 3 heteroatoms. The number of hydrogen-bond donors (Lipinski definition) is 1. The number of nitrogens with zero attached hydrogens (tertiary/aromatic N) is 1. The van der Waals surface area contributed by atoms with Crippen molar-refractivity contribution in [3.05, 3.63) is 29.3 Å². The Morgan fingerprint density at radius 3 is 2.52 bits per heavy atom. The number of ether oxygens (including phenoxy) is 1. The molecule has 0 saturated carbocycles. The zero-order valence-electron chi connectivity index (χ0n) is 14.6. The summed E-state index contributed by atoms with van der Waals surface area (Å²) in [4.78, 5) is 2.42. The molecule has 0 heterocycles. The average Bonchev–Trinajstić information content (AvgIpc) is 2.46. The minimum atomic E-state index is 0.305. The normalized spacial score (nSPS) is 14.2. The first-order valence-electron chi connectivity index (χ1n) is 8.08. The standard InChI is InChI=1S/C18H32N2O/c1-7-14(3)12-20(5)13-17(19-8-2)16-11-15(4)9-10-18(16)21-6/h9-11,14,17,19H,7-8,12-13H2,1-6H3. The minimum absolute atomic E-state index is 0.305. The number of rotatable bonds is 9. The van der Waals surface area contributed by atoms with Crippen molar-refractivity contribution >= 4 is 0 Å². The quantitative estimate of drug-likeness (QED) is 0.752. The summed E-state index contributed by atoms with van der Waals surface area (Å²) in [6, 6.07) is 6.72. The smallest absolute Gasteiger partial charge is 0.123 e. The largest absolute Gasteiger partial charge is 0.496 e. The zero-order chi connectivity index (χ0) is 15.8. The second kappa shape index (κ2) is 9.06. The van der Waals surface area contributed by atoms with Crippen molar-refractivity contribution < 1.29 is 4.74 Å². The average molecular weight is 292 g/mol. The molecule has 120 valence electrons. The van der Waals surface area contributed by atoms with E-state index in [-0.39, 0.29) is 0 Å². The van der Waals surface area contributed by atoms with E-state index in [1.807, 2.05) is 0 Å². The molecule has 2 unspecified atom stereocenters. The number of methoxy groups -OCH3 is 1. The van der Waals surface area contributed by atoms with Crippen molar-refractivity contribution in [2.45, 2.75) is 40.2 Å². The molecule has 2 atom stereocenters. The van der Waals surface area contributed by atoms with Crippen molar-refractivity contribution in [1.29, 1.82) is 0 Å². The lowest BCUT2D eigenvalue weighted by Crippen LogP contribution is -2.35. The van der Waals surface area contributed by atoms with E-state index in [0.29, 0.717) is 6.04 Å². The Bertz CT molecular complexity index is 420. The Morgan fingerprint density at radius 1 is 1.24 bits per heavy atom. The van der Waals surface area contributed by atoms with Crippen LogP contribution in [0.3, 0.4) is 0 Å². The summed E-state index contributed by atoms with van der Waals surface area (Å²) in [5.74, 6) is 1.71. The molecule has 0 saturated heterocycles. The number of aryl methyl sites for hydroxylation is 1. The molecule has 1 rings (SSSR count). The van der Waals surface area contributed by atoms with Gasteiger partial charge in [-0.15, -0.1) is 0 Å². The van der Waals surface area contributed by atoms with Gasteiger partial charge in [0.1, 0.15) is 5.75 Å². The highest BCUT2D eigenvalue weighted by molar-refractivity contribution is 5.39. The monoisotopic (exact) mass is 292 g/mol. The van der Waals surface area contributed by atoms with Gasteiger partial charge in [0.25, 0.3) is 0 Å². The fraction of sp³-hybridized carbons (Fsp3) is 0.667. The molecule has 0 bridgehead atoms. The van der Waals surface area contributed by atoms with Crippen LogP contribution in [0.4, 0.5) is 0 Å². The maximum atomic E-state index is 5.55. The topological polar surface area (TPSA) is 24.5 Å². The number of nitrogens with one attached hydrogen (secondary N) is 1. The van der Waals surface area contributed by atoms with Crippen molar-refractivity contribution in [3.63, 3.8) is 0 Å². The summed E-state index contributed by atoms with van der Waals surface area (Å²) in [6.45, 7) is 11.9. The molecular formula is C18H32N2O. The van der Waals surface area contributed by atoms with Gasteiger partial charge in [-0.1, -0.05) is 44.9 Å². The SMILES string of the molecule is CCNC(CN(C)CC(C)CC)c1cc(C)ccc1OC. The summed E-state index contributed by atoms with van der Waals surface area (Å²) in [7, 11) is 3.96. The summed E-state index contributed by atoms with van der Waals surface area (Å²) in [5.41, 5.74) is 2.54. The van der Waals surface area contributed by atoms with Crippen LogP contribution < -0.4 is 10.1 Å². The summed E-state index contributed by atoms with van der Waals surface area (Å²) >= 11 is 0. The van der Waals surface area contributed by atoms with Gasteiger partial charge in [0.15, 0.2) is 0 Å². The molecule has 0 aliphatic rings.